The van der Waals surface area contributed by atoms with E-state index in [0.29, 0.717) is 5.56 Å². The molecule has 14 heteroatoms. The average molecular weight is 521 g/mol. The first-order valence-corrected chi connectivity index (χ1v) is 10.0. The lowest BCUT2D eigenvalue weighted by molar-refractivity contribution is -0.290. The van der Waals surface area contributed by atoms with Gasteiger partial charge in [0.25, 0.3) is 0 Å². The zero-order valence-electron chi connectivity index (χ0n) is 16.8. The van der Waals surface area contributed by atoms with E-state index in [4.69, 9.17) is 27.6 Å². The second-order valence-corrected chi connectivity index (χ2v) is 7.85. The van der Waals surface area contributed by atoms with Crippen molar-refractivity contribution >= 4 is 34.1 Å². The Balaban J connectivity index is 1.87. The minimum Gasteiger partial charge on any atom is -0.470 e. The molecule has 0 amide bonds. The molecule has 4 aromatic rings. The molecule has 0 fully saturated rings. The Morgan fingerprint density at radius 2 is 1.88 bits per heavy atom. The van der Waals surface area contributed by atoms with Gasteiger partial charge in [-0.15, -0.1) is 5.10 Å². The number of hydrogen-bond donors (Lipinski definition) is 0. The molecule has 0 atom stereocenters. The zero-order chi connectivity index (χ0) is 24.8. The van der Waals surface area contributed by atoms with Crippen molar-refractivity contribution < 1.29 is 31.1 Å². The lowest BCUT2D eigenvalue weighted by atomic mass is 10.1. The molecule has 0 spiro atoms. The van der Waals surface area contributed by atoms with Crippen molar-refractivity contribution in [1.82, 2.24) is 19.7 Å². The first-order valence-electron chi connectivity index (χ1n) is 9.27. The van der Waals surface area contributed by atoms with Crippen LogP contribution in [0.3, 0.4) is 0 Å². The molecule has 0 bridgehead atoms. The maximum Gasteiger partial charge on any atom is 0.456 e. The third-order valence-electron chi connectivity index (χ3n) is 4.55. The number of aryl methyl sites for hydroxylation is 1. The number of halogens is 7. The molecule has 178 valence electrons. The summed E-state index contributed by atoms with van der Waals surface area (Å²) in [6.07, 6.45) is -4.49. The van der Waals surface area contributed by atoms with Crippen LogP contribution in [0.5, 0.6) is 5.88 Å². The lowest BCUT2D eigenvalue weighted by Crippen LogP contribution is -2.41. The van der Waals surface area contributed by atoms with Crippen LogP contribution in [0.4, 0.5) is 22.0 Å². The van der Waals surface area contributed by atoms with Crippen LogP contribution in [0, 0.1) is 6.92 Å². The molecule has 0 saturated carbocycles. The van der Waals surface area contributed by atoms with Crippen molar-refractivity contribution in [2.75, 3.05) is 6.61 Å². The fraction of sp³-hybridized carbons (Fsp3) is 0.200. The van der Waals surface area contributed by atoms with Gasteiger partial charge in [-0.25, -0.2) is 19.4 Å². The monoisotopic (exact) mass is 520 g/mol. The van der Waals surface area contributed by atoms with E-state index >= 15 is 0 Å². The predicted octanol–water partition coefficient (Wildman–Crippen LogP) is 5.63. The fourth-order valence-electron chi connectivity index (χ4n) is 2.94. The summed E-state index contributed by atoms with van der Waals surface area (Å²) >= 11 is 12.1. The van der Waals surface area contributed by atoms with Gasteiger partial charge in [0.2, 0.25) is 11.8 Å². The number of hydrogen-bond acceptors (Lipinski definition) is 6. The van der Waals surface area contributed by atoms with E-state index in [1.54, 1.807) is 13.0 Å². The standard InChI is InChI=1S/C20H11Cl2F5N4O3/c1-9-5-10(21)6-11-15(9)29-17(34-18(11)32)13-7-14(33-8-19(23,24)20(25,26)27)30-31(13)16-12(22)3-2-4-28-16/h2-7H,8H2,1H3. The van der Waals surface area contributed by atoms with E-state index in [1.807, 2.05) is 0 Å². The quantitative estimate of drug-likeness (QED) is 0.317. The molecule has 0 unspecified atom stereocenters. The van der Waals surface area contributed by atoms with Crippen molar-refractivity contribution in [1.29, 1.82) is 0 Å². The third kappa shape index (κ3) is 4.42. The summed E-state index contributed by atoms with van der Waals surface area (Å²) in [4.78, 5) is 20.9. The third-order valence-corrected chi connectivity index (χ3v) is 5.06. The molecule has 0 radical (unpaired) electrons. The fourth-order valence-corrected chi connectivity index (χ4v) is 3.41. The molecule has 0 N–H and O–H groups in total. The molecule has 0 aliphatic rings. The number of ether oxygens (including phenoxy) is 1. The highest BCUT2D eigenvalue weighted by Crippen LogP contribution is 2.36. The van der Waals surface area contributed by atoms with E-state index in [1.165, 1.54) is 24.4 Å². The summed E-state index contributed by atoms with van der Waals surface area (Å²) in [5, 5.41) is 4.28. The Labute approximate surface area is 196 Å². The van der Waals surface area contributed by atoms with E-state index in [2.05, 4.69) is 19.8 Å². The number of alkyl halides is 5. The number of rotatable bonds is 5. The summed E-state index contributed by atoms with van der Waals surface area (Å²) in [5.74, 6) is -6.16. The van der Waals surface area contributed by atoms with Gasteiger partial charge in [-0.1, -0.05) is 23.2 Å². The highest BCUT2D eigenvalue weighted by atomic mass is 35.5. The molecule has 34 heavy (non-hydrogen) atoms. The Hall–Kier alpha value is -3.25. The van der Waals surface area contributed by atoms with E-state index in [-0.39, 0.29) is 38.4 Å². The molecule has 7 nitrogen and oxygen atoms in total. The average Bonchev–Trinajstić information content (AvgIpc) is 3.16. The van der Waals surface area contributed by atoms with Crippen LogP contribution >= 0.6 is 23.2 Å². The lowest BCUT2D eigenvalue weighted by Gasteiger charge is -2.18. The maximum absolute atomic E-state index is 13.3. The molecule has 0 saturated heterocycles. The van der Waals surface area contributed by atoms with Gasteiger partial charge in [0.05, 0.1) is 15.9 Å². The summed E-state index contributed by atoms with van der Waals surface area (Å²) in [7, 11) is 0. The largest absolute Gasteiger partial charge is 0.470 e. The van der Waals surface area contributed by atoms with Crippen LogP contribution < -0.4 is 10.4 Å². The number of fused-ring (bicyclic) bond motifs is 1. The molecule has 3 heterocycles. The summed E-state index contributed by atoms with van der Waals surface area (Å²) < 4.78 is 75.0. The minimum absolute atomic E-state index is 0.0464. The highest BCUT2D eigenvalue weighted by molar-refractivity contribution is 6.32. The molecule has 0 aliphatic heterocycles. The van der Waals surface area contributed by atoms with Gasteiger partial charge >= 0.3 is 17.7 Å². The van der Waals surface area contributed by atoms with E-state index < -0.39 is 30.2 Å². The second kappa shape index (κ2) is 8.51. The van der Waals surface area contributed by atoms with Crippen LogP contribution in [-0.2, 0) is 0 Å². The topological polar surface area (TPSA) is 83.0 Å². The first-order chi connectivity index (χ1) is 15.9. The number of nitrogens with zero attached hydrogens (tertiary/aromatic N) is 4. The zero-order valence-corrected chi connectivity index (χ0v) is 18.3. The van der Waals surface area contributed by atoms with Crippen molar-refractivity contribution in [2.24, 2.45) is 0 Å². The Bertz CT molecular complexity index is 1450. The smallest absolute Gasteiger partial charge is 0.456 e. The van der Waals surface area contributed by atoms with Gasteiger partial charge in [-0.05, 0) is 36.8 Å². The van der Waals surface area contributed by atoms with Crippen LogP contribution in [-0.4, -0.2) is 38.5 Å². The SMILES string of the molecule is Cc1cc(Cl)cc2c(=O)oc(-c3cc(OCC(F)(F)C(F)(F)F)nn3-c3ncccc3Cl)nc12. The van der Waals surface area contributed by atoms with Gasteiger partial charge in [-0.3, -0.25) is 0 Å². The van der Waals surface area contributed by atoms with Crippen molar-refractivity contribution in [3.63, 3.8) is 0 Å². The van der Waals surface area contributed by atoms with Crippen LogP contribution in [0.25, 0.3) is 28.3 Å². The highest BCUT2D eigenvalue weighted by Gasteiger charge is 2.58. The molecule has 4 rings (SSSR count). The van der Waals surface area contributed by atoms with E-state index in [9.17, 15) is 26.7 Å². The molecular formula is C20H11Cl2F5N4O3. The molecule has 0 aliphatic carbocycles. The normalized spacial score (nSPS) is 12.4. The Morgan fingerprint density at radius 3 is 2.56 bits per heavy atom. The van der Waals surface area contributed by atoms with Gasteiger partial charge in [0, 0.05) is 17.3 Å². The van der Waals surface area contributed by atoms with Crippen LogP contribution in [0.1, 0.15) is 5.56 Å². The number of pyridine rings is 1. The van der Waals surface area contributed by atoms with Crippen molar-refractivity contribution in [3.8, 4) is 23.3 Å². The molecule has 3 aromatic heterocycles. The van der Waals surface area contributed by atoms with Gasteiger partial charge in [0.1, 0.15) is 5.69 Å². The molecular weight excluding hydrogens is 510 g/mol. The van der Waals surface area contributed by atoms with E-state index in [0.717, 1.165) is 10.7 Å². The van der Waals surface area contributed by atoms with Gasteiger partial charge < -0.3 is 9.15 Å². The van der Waals surface area contributed by atoms with Crippen molar-refractivity contribution in [3.05, 3.63) is 62.6 Å². The minimum atomic E-state index is -5.83. The van der Waals surface area contributed by atoms with Crippen molar-refractivity contribution in [2.45, 2.75) is 19.0 Å². The predicted molar refractivity (Wildman–Crippen MR) is 112 cm³/mol. The van der Waals surface area contributed by atoms with Crippen LogP contribution in [0.15, 0.2) is 45.7 Å². The number of aromatic nitrogens is 4. The summed E-state index contributed by atoms with van der Waals surface area (Å²) in [5.41, 5.74) is -0.211. The summed E-state index contributed by atoms with van der Waals surface area (Å²) in [6.45, 7) is -0.388. The Kier molecular flexibility index (Phi) is 5.98. The van der Waals surface area contributed by atoms with Gasteiger partial charge in [0.15, 0.2) is 12.4 Å². The summed E-state index contributed by atoms with van der Waals surface area (Å²) in [6, 6.07) is 6.81. The second-order valence-electron chi connectivity index (χ2n) is 7.00. The van der Waals surface area contributed by atoms with Crippen LogP contribution in [0.2, 0.25) is 10.0 Å². The Morgan fingerprint density at radius 1 is 1.15 bits per heavy atom. The number of benzene rings is 1. The van der Waals surface area contributed by atoms with Gasteiger partial charge in [-0.2, -0.15) is 22.0 Å². The maximum atomic E-state index is 13.3. The first kappa shape index (κ1) is 23.9. The molecule has 1 aromatic carbocycles.